The molecule has 2 aliphatic heterocycles. The third-order valence-corrected chi connectivity index (χ3v) is 4.65. The summed E-state index contributed by atoms with van der Waals surface area (Å²) in [7, 11) is 0. The number of amides is 2. The van der Waals surface area contributed by atoms with Gasteiger partial charge in [-0.2, -0.15) is 0 Å². The third-order valence-electron chi connectivity index (χ3n) is 4.65. The molecule has 2 saturated heterocycles. The molecule has 1 aliphatic carbocycles. The average molecular weight is 266 g/mol. The highest BCUT2D eigenvalue weighted by Crippen LogP contribution is 2.33. The summed E-state index contributed by atoms with van der Waals surface area (Å²) >= 11 is 0. The lowest BCUT2D eigenvalue weighted by Gasteiger charge is -2.36. The van der Waals surface area contributed by atoms with Gasteiger partial charge in [-0.05, 0) is 32.6 Å². The van der Waals surface area contributed by atoms with Crippen molar-refractivity contribution in [2.75, 3.05) is 19.6 Å². The van der Waals surface area contributed by atoms with Crippen LogP contribution in [0.3, 0.4) is 0 Å². The summed E-state index contributed by atoms with van der Waals surface area (Å²) in [5.41, 5.74) is -0.637. The lowest BCUT2D eigenvalue weighted by Crippen LogP contribution is -2.47. The summed E-state index contributed by atoms with van der Waals surface area (Å²) in [5, 5.41) is 9.90. The molecule has 5 heteroatoms. The van der Waals surface area contributed by atoms with Crippen LogP contribution in [0.2, 0.25) is 0 Å². The Kier molecular flexibility index (Phi) is 3.04. The molecule has 1 atom stereocenters. The van der Waals surface area contributed by atoms with Gasteiger partial charge in [0.15, 0.2) is 0 Å². The maximum absolute atomic E-state index is 12.4. The number of nitrogens with zero attached hydrogens (tertiary/aromatic N) is 2. The first-order valence-corrected chi connectivity index (χ1v) is 7.27. The minimum atomic E-state index is -0.637. The van der Waals surface area contributed by atoms with E-state index in [1.807, 2.05) is 16.7 Å². The fourth-order valence-corrected chi connectivity index (χ4v) is 3.10. The quantitative estimate of drug-likeness (QED) is 0.785. The minimum absolute atomic E-state index is 0.104. The molecule has 0 aromatic carbocycles. The Labute approximate surface area is 113 Å². The van der Waals surface area contributed by atoms with Crippen LogP contribution in [0.5, 0.6) is 0 Å². The van der Waals surface area contributed by atoms with Gasteiger partial charge in [-0.1, -0.05) is 0 Å². The molecular weight excluding hydrogens is 244 g/mol. The van der Waals surface area contributed by atoms with Gasteiger partial charge in [0, 0.05) is 32.1 Å². The standard InChI is InChI=1S/C14H22N2O3/c1-14(19)4-6-15(7-5-14)13(18)10-8-12(17)16(9-10)11-2-3-11/h10-11,19H,2-9H2,1H3. The Morgan fingerprint density at radius 3 is 2.53 bits per heavy atom. The molecule has 1 saturated carbocycles. The Morgan fingerprint density at radius 2 is 1.95 bits per heavy atom. The Bertz CT molecular complexity index is 393. The van der Waals surface area contributed by atoms with E-state index in [2.05, 4.69) is 0 Å². The molecule has 3 aliphatic rings. The number of aliphatic hydroxyl groups is 1. The Hall–Kier alpha value is -1.10. The number of piperidine rings is 1. The number of hydrogen-bond acceptors (Lipinski definition) is 3. The second kappa shape index (κ2) is 4.47. The zero-order chi connectivity index (χ0) is 13.6. The zero-order valence-corrected chi connectivity index (χ0v) is 11.5. The van der Waals surface area contributed by atoms with Gasteiger partial charge in [0.05, 0.1) is 11.5 Å². The highest BCUT2D eigenvalue weighted by atomic mass is 16.3. The van der Waals surface area contributed by atoms with Crippen LogP contribution < -0.4 is 0 Å². The molecule has 3 rings (SSSR count). The van der Waals surface area contributed by atoms with Crippen LogP contribution in [0.15, 0.2) is 0 Å². The molecule has 0 radical (unpaired) electrons. The Morgan fingerprint density at radius 1 is 1.32 bits per heavy atom. The van der Waals surface area contributed by atoms with Gasteiger partial charge in [0.25, 0.3) is 0 Å². The van der Waals surface area contributed by atoms with Crippen LogP contribution in [0.1, 0.15) is 39.0 Å². The van der Waals surface area contributed by atoms with E-state index in [4.69, 9.17) is 0 Å². The maximum Gasteiger partial charge on any atom is 0.227 e. The van der Waals surface area contributed by atoms with Crippen molar-refractivity contribution in [3.05, 3.63) is 0 Å². The summed E-state index contributed by atoms with van der Waals surface area (Å²) in [4.78, 5) is 28.0. The molecule has 19 heavy (non-hydrogen) atoms. The Balaban J connectivity index is 1.58. The SMILES string of the molecule is CC1(O)CCN(C(=O)C2CC(=O)N(C3CC3)C2)CC1. The van der Waals surface area contributed by atoms with E-state index < -0.39 is 5.60 Å². The molecule has 1 N–H and O–H groups in total. The number of likely N-dealkylation sites (tertiary alicyclic amines) is 2. The van der Waals surface area contributed by atoms with Gasteiger partial charge in [0.2, 0.25) is 11.8 Å². The fourth-order valence-electron chi connectivity index (χ4n) is 3.10. The van der Waals surface area contributed by atoms with Crippen molar-refractivity contribution in [3.8, 4) is 0 Å². The maximum atomic E-state index is 12.4. The lowest BCUT2D eigenvalue weighted by molar-refractivity contribution is -0.139. The van der Waals surface area contributed by atoms with Crippen molar-refractivity contribution in [3.63, 3.8) is 0 Å². The second-order valence-corrected chi connectivity index (χ2v) is 6.50. The molecule has 3 fully saturated rings. The number of hydrogen-bond donors (Lipinski definition) is 1. The molecule has 2 amide bonds. The largest absolute Gasteiger partial charge is 0.390 e. The summed E-state index contributed by atoms with van der Waals surface area (Å²) in [6.45, 7) is 3.65. The first-order valence-electron chi connectivity index (χ1n) is 7.27. The molecule has 0 spiro atoms. The van der Waals surface area contributed by atoms with E-state index in [-0.39, 0.29) is 17.7 Å². The van der Waals surface area contributed by atoms with Crippen molar-refractivity contribution in [1.82, 2.24) is 9.80 Å². The second-order valence-electron chi connectivity index (χ2n) is 6.50. The van der Waals surface area contributed by atoms with Crippen LogP contribution in [-0.2, 0) is 9.59 Å². The van der Waals surface area contributed by atoms with Crippen molar-refractivity contribution in [1.29, 1.82) is 0 Å². The highest BCUT2D eigenvalue weighted by Gasteiger charge is 2.43. The molecule has 106 valence electrons. The number of carbonyl (C=O) groups is 2. The van der Waals surface area contributed by atoms with Crippen molar-refractivity contribution >= 4 is 11.8 Å². The average Bonchev–Trinajstić information content (AvgIpc) is 3.12. The molecule has 5 nitrogen and oxygen atoms in total. The fraction of sp³-hybridized carbons (Fsp3) is 0.857. The topological polar surface area (TPSA) is 60.9 Å². The minimum Gasteiger partial charge on any atom is -0.390 e. The van der Waals surface area contributed by atoms with Crippen LogP contribution in [0.4, 0.5) is 0 Å². The van der Waals surface area contributed by atoms with E-state index in [1.165, 1.54) is 0 Å². The zero-order valence-electron chi connectivity index (χ0n) is 11.5. The van der Waals surface area contributed by atoms with Gasteiger partial charge in [-0.15, -0.1) is 0 Å². The number of carbonyl (C=O) groups excluding carboxylic acids is 2. The molecule has 0 aromatic heterocycles. The molecule has 1 unspecified atom stereocenters. The van der Waals surface area contributed by atoms with Gasteiger partial charge < -0.3 is 14.9 Å². The monoisotopic (exact) mass is 266 g/mol. The summed E-state index contributed by atoms with van der Waals surface area (Å²) in [6.07, 6.45) is 3.83. The van der Waals surface area contributed by atoms with Crippen molar-refractivity contribution in [2.45, 2.75) is 50.7 Å². The smallest absolute Gasteiger partial charge is 0.227 e. The highest BCUT2D eigenvalue weighted by molar-refractivity contribution is 5.89. The van der Waals surface area contributed by atoms with Crippen molar-refractivity contribution < 1.29 is 14.7 Å². The van der Waals surface area contributed by atoms with E-state index in [0.717, 1.165) is 12.8 Å². The van der Waals surface area contributed by atoms with Gasteiger partial charge in [0.1, 0.15) is 0 Å². The summed E-state index contributed by atoms with van der Waals surface area (Å²) < 4.78 is 0. The van der Waals surface area contributed by atoms with Crippen molar-refractivity contribution in [2.24, 2.45) is 5.92 Å². The first kappa shape index (κ1) is 12.9. The van der Waals surface area contributed by atoms with E-state index in [1.54, 1.807) is 0 Å². The van der Waals surface area contributed by atoms with Gasteiger partial charge in [-0.3, -0.25) is 9.59 Å². The van der Waals surface area contributed by atoms with Crippen LogP contribution >= 0.6 is 0 Å². The summed E-state index contributed by atoms with van der Waals surface area (Å²) in [5.74, 6) is 0.0907. The predicted octanol–water partition coefficient (Wildman–Crippen LogP) is 0.371. The first-order chi connectivity index (χ1) is 8.96. The van der Waals surface area contributed by atoms with E-state index in [0.29, 0.717) is 44.9 Å². The predicted molar refractivity (Wildman–Crippen MR) is 69.3 cm³/mol. The summed E-state index contributed by atoms with van der Waals surface area (Å²) in [6, 6.07) is 0.410. The molecule has 2 heterocycles. The third kappa shape index (κ3) is 2.61. The van der Waals surface area contributed by atoms with Crippen LogP contribution in [0.25, 0.3) is 0 Å². The molecular formula is C14H22N2O3. The van der Waals surface area contributed by atoms with Gasteiger partial charge in [-0.25, -0.2) is 0 Å². The van der Waals surface area contributed by atoms with Gasteiger partial charge >= 0.3 is 0 Å². The molecule has 0 aromatic rings. The normalized spacial score (nSPS) is 30.8. The van der Waals surface area contributed by atoms with E-state index in [9.17, 15) is 14.7 Å². The van der Waals surface area contributed by atoms with Crippen LogP contribution in [0, 0.1) is 5.92 Å². The van der Waals surface area contributed by atoms with Crippen LogP contribution in [-0.4, -0.2) is 58.0 Å². The number of rotatable bonds is 2. The lowest BCUT2D eigenvalue weighted by atomic mass is 9.93. The van der Waals surface area contributed by atoms with E-state index >= 15 is 0 Å². The molecule has 0 bridgehead atoms.